The van der Waals surface area contributed by atoms with E-state index in [0.717, 1.165) is 0 Å². The minimum absolute atomic E-state index is 0.107. The predicted octanol–water partition coefficient (Wildman–Crippen LogP) is 1.34. The van der Waals surface area contributed by atoms with Crippen LogP contribution in [0.25, 0.3) is 0 Å². The number of sulfonamides is 1. The molecule has 1 heterocycles. The number of amides is 1. The van der Waals surface area contributed by atoms with Crippen LogP contribution in [0.2, 0.25) is 0 Å². The van der Waals surface area contributed by atoms with Crippen molar-refractivity contribution in [1.82, 2.24) is 4.72 Å². The van der Waals surface area contributed by atoms with Crippen molar-refractivity contribution in [1.29, 1.82) is 0 Å². The Morgan fingerprint density at radius 2 is 2.10 bits per heavy atom. The fourth-order valence-corrected chi connectivity index (χ4v) is 2.95. The Bertz CT molecular complexity index is 625. The molecular weight excluding hydrogens is 280 g/mol. The maximum atomic E-state index is 12.1. The second-order valence-corrected chi connectivity index (χ2v) is 6.92. The quantitative estimate of drug-likeness (QED) is 0.878. The molecule has 1 aliphatic heterocycles. The number of rotatable bonds is 4. The molecule has 7 heteroatoms. The monoisotopic (exact) mass is 298 g/mol. The lowest BCUT2D eigenvalue weighted by Crippen LogP contribution is -2.34. The van der Waals surface area contributed by atoms with Gasteiger partial charge in [-0.05, 0) is 31.0 Å². The van der Waals surface area contributed by atoms with Gasteiger partial charge in [0.15, 0.2) is 6.10 Å². The zero-order valence-corrected chi connectivity index (χ0v) is 12.5. The summed E-state index contributed by atoms with van der Waals surface area (Å²) in [4.78, 5) is 11.6. The maximum absolute atomic E-state index is 12.1. The average molecular weight is 298 g/mol. The number of nitrogens with one attached hydrogen (secondary N) is 2. The van der Waals surface area contributed by atoms with Gasteiger partial charge in [0, 0.05) is 6.54 Å². The van der Waals surface area contributed by atoms with Crippen molar-refractivity contribution >= 4 is 21.6 Å². The van der Waals surface area contributed by atoms with E-state index in [2.05, 4.69) is 10.0 Å². The third-order valence-corrected chi connectivity index (χ3v) is 4.30. The summed E-state index contributed by atoms with van der Waals surface area (Å²) >= 11 is 0. The van der Waals surface area contributed by atoms with Gasteiger partial charge in [0.25, 0.3) is 5.91 Å². The first-order valence-corrected chi connectivity index (χ1v) is 7.89. The fraction of sp³-hybridized carbons (Fsp3) is 0.462. The molecule has 0 bridgehead atoms. The predicted molar refractivity (Wildman–Crippen MR) is 75.2 cm³/mol. The van der Waals surface area contributed by atoms with Crippen LogP contribution in [0, 0.1) is 5.92 Å². The molecule has 0 radical (unpaired) electrons. The first-order chi connectivity index (χ1) is 9.29. The van der Waals surface area contributed by atoms with E-state index >= 15 is 0 Å². The van der Waals surface area contributed by atoms with Crippen molar-refractivity contribution in [2.24, 2.45) is 5.92 Å². The van der Waals surface area contributed by atoms with Crippen LogP contribution in [0.3, 0.4) is 0 Å². The Labute approximate surface area is 118 Å². The normalized spacial score (nSPS) is 18.4. The van der Waals surface area contributed by atoms with Crippen LogP contribution in [0.4, 0.5) is 5.69 Å². The Morgan fingerprint density at radius 3 is 2.75 bits per heavy atom. The second-order valence-electron chi connectivity index (χ2n) is 5.15. The van der Waals surface area contributed by atoms with Gasteiger partial charge < -0.3 is 10.1 Å². The molecule has 0 saturated heterocycles. The Kier molecular flexibility index (Phi) is 4.01. The van der Waals surface area contributed by atoms with Gasteiger partial charge in [-0.15, -0.1) is 0 Å². The number of hydrogen-bond acceptors (Lipinski definition) is 4. The van der Waals surface area contributed by atoms with Gasteiger partial charge in [0.1, 0.15) is 5.75 Å². The molecule has 0 spiro atoms. The number of hydrogen-bond donors (Lipinski definition) is 2. The number of anilines is 1. The van der Waals surface area contributed by atoms with E-state index in [1.807, 2.05) is 13.8 Å². The summed E-state index contributed by atoms with van der Waals surface area (Å²) < 4.78 is 32.1. The number of benzene rings is 1. The smallest absolute Gasteiger partial charge is 0.265 e. The highest BCUT2D eigenvalue weighted by Gasteiger charge is 2.25. The highest BCUT2D eigenvalue weighted by Crippen LogP contribution is 2.31. The third-order valence-electron chi connectivity index (χ3n) is 2.87. The number of fused-ring (bicyclic) bond motifs is 1. The SMILES string of the molecule is CC(C)CNS(=O)(=O)c1ccc2c(c1)NC(=O)[C@@H](C)O2. The third kappa shape index (κ3) is 3.10. The Hall–Kier alpha value is -1.60. The molecular formula is C13H18N2O4S. The molecule has 1 aliphatic rings. The molecule has 0 aromatic heterocycles. The second kappa shape index (κ2) is 5.41. The topological polar surface area (TPSA) is 84.5 Å². The molecule has 2 rings (SSSR count). The molecule has 20 heavy (non-hydrogen) atoms. The van der Waals surface area contributed by atoms with E-state index in [1.54, 1.807) is 13.0 Å². The standard InChI is InChI=1S/C13H18N2O4S/c1-8(2)7-14-20(17,18)10-4-5-12-11(6-10)15-13(16)9(3)19-12/h4-6,8-9,14H,7H2,1-3H3,(H,15,16)/t9-/m1/s1. The van der Waals surface area contributed by atoms with Crippen molar-refractivity contribution in [3.05, 3.63) is 18.2 Å². The van der Waals surface area contributed by atoms with Gasteiger partial charge in [-0.1, -0.05) is 13.8 Å². The van der Waals surface area contributed by atoms with Gasteiger partial charge in [-0.25, -0.2) is 13.1 Å². The van der Waals surface area contributed by atoms with Crippen molar-refractivity contribution in [2.75, 3.05) is 11.9 Å². The number of carbonyl (C=O) groups excluding carboxylic acids is 1. The fourth-order valence-electron chi connectivity index (χ4n) is 1.71. The van der Waals surface area contributed by atoms with E-state index in [1.165, 1.54) is 12.1 Å². The summed E-state index contributed by atoms with van der Waals surface area (Å²) in [6.45, 7) is 5.84. The van der Waals surface area contributed by atoms with Crippen LogP contribution in [0.15, 0.2) is 23.1 Å². The molecule has 1 amide bonds. The Morgan fingerprint density at radius 1 is 1.40 bits per heavy atom. The minimum atomic E-state index is -3.58. The van der Waals surface area contributed by atoms with Crippen LogP contribution in [-0.4, -0.2) is 27.0 Å². The van der Waals surface area contributed by atoms with Gasteiger partial charge in [-0.3, -0.25) is 4.79 Å². The molecule has 6 nitrogen and oxygen atoms in total. The van der Waals surface area contributed by atoms with E-state index in [-0.39, 0.29) is 16.7 Å². The zero-order chi connectivity index (χ0) is 14.9. The molecule has 110 valence electrons. The van der Waals surface area contributed by atoms with Crippen LogP contribution in [0.5, 0.6) is 5.75 Å². The summed E-state index contributed by atoms with van der Waals surface area (Å²) in [5, 5.41) is 2.63. The molecule has 0 unspecified atom stereocenters. The molecule has 1 aromatic rings. The average Bonchev–Trinajstić information content (AvgIpc) is 2.37. The maximum Gasteiger partial charge on any atom is 0.265 e. The molecule has 0 saturated carbocycles. The van der Waals surface area contributed by atoms with Crippen molar-refractivity contribution in [3.63, 3.8) is 0 Å². The van der Waals surface area contributed by atoms with Gasteiger partial charge >= 0.3 is 0 Å². The summed E-state index contributed by atoms with van der Waals surface area (Å²) in [7, 11) is -3.58. The summed E-state index contributed by atoms with van der Waals surface area (Å²) in [5.41, 5.74) is 0.375. The lowest BCUT2D eigenvalue weighted by atomic mass is 10.2. The first-order valence-electron chi connectivity index (χ1n) is 6.41. The zero-order valence-electron chi connectivity index (χ0n) is 11.6. The first kappa shape index (κ1) is 14.8. The molecule has 0 aliphatic carbocycles. The summed E-state index contributed by atoms with van der Waals surface area (Å²) in [5.74, 6) is 0.397. The Balaban J connectivity index is 2.27. The van der Waals surface area contributed by atoms with Crippen LogP contribution in [-0.2, 0) is 14.8 Å². The number of carbonyl (C=O) groups is 1. The van der Waals surface area contributed by atoms with E-state index in [9.17, 15) is 13.2 Å². The summed E-state index contributed by atoms with van der Waals surface area (Å²) in [6.07, 6.45) is -0.580. The molecule has 1 atom stereocenters. The minimum Gasteiger partial charge on any atom is -0.479 e. The molecule has 2 N–H and O–H groups in total. The lowest BCUT2D eigenvalue weighted by Gasteiger charge is -2.23. The molecule has 1 aromatic carbocycles. The van der Waals surface area contributed by atoms with Crippen molar-refractivity contribution in [3.8, 4) is 5.75 Å². The highest BCUT2D eigenvalue weighted by atomic mass is 32.2. The largest absolute Gasteiger partial charge is 0.479 e. The van der Waals surface area contributed by atoms with E-state index < -0.39 is 16.1 Å². The summed E-state index contributed by atoms with van der Waals surface area (Å²) in [6, 6.07) is 4.42. The van der Waals surface area contributed by atoms with Gasteiger partial charge in [0.05, 0.1) is 10.6 Å². The molecule has 0 fully saturated rings. The number of ether oxygens (including phenoxy) is 1. The van der Waals surface area contributed by atoms with E-state index in [0.29, 0.717) is 18.0 Å². The van der Waals surface area contributed by atoms with Crippen LogP contribution in [0.1, 0.15) is 20.8 Å². The van der Waals surface area contributed by atoms with Crippen molar-refractivity contribution in [2.45, 2.75) is 31.8 Å². The highest BCUT2D eigenvalue weighted by molar-refractivity contribution is 7.89. The van der Waals surface area contributed by atoms with Gasteiger partial charge in [0.2, 0.25) is 10.0 Å². The lowest BCUT2D eigenvalue weighted by molar-refractivity contribution is -0.122. The van der Waals surface area contributed by atoms with Crippen LogP contribution >= 0.6 is 0 Å². The van der Waals surface area contributed by atoms with Crippen molar-refractivity contribution < 1.29 is 17.9 Å². The van der Waals surface area contributed by atoms with Crippen LogP contribution < -0.4 is 14.8 Å². The van der Waals surface area contributed by atoms with E-state index in [4.69, 9.17) is 4.74 Å². The van der Waals surface area contributed by atoms with Gasteiger partial charge in [-0.2, -0.15) is 0 Å².